The molecule has 7 nitrogen and oxygen atoms in total. The smallest absolute Gasteiger partial charge is 0.417 e. The zero-order chi connectivity index (χ0) is 19.1. The number of hydrogen-bond donors (Lipinski definition) is 0. The SMILES string of the molecule is CC(=O)N1C=Nc2ccccc2[C@H]1[C@@H]1C=CC(=O)N1C(=O)OC(C)(C)C. The summed E-state index contributed by atoms with van der Waals surface area (Å²) in [5, 5.41) is 0. The Hall–Kier alpha value is -2.96. The van der Waals surface area contributed by atoms with Gasteiger partial charge in [-0.3, -0.25) is 14.5 Å². The molecule has 0 fully saturated rings. The fraction of sp³-hybridized carbons (Fsp3) is 0.368. The summed E-state index contributed by atoms with van der Waals surface area (Å²) in [6.07, 6.45) is 3.67. The maximum atomic E-state index is 12.6. The summed E-state index contributed by atoms with van der Waals surface area (Å²) < 4.78 is 5.39. The van der Waals surface area contributed by atoms with Crippen LogP contribution in [0.15, 0.2) is 41.4 Å². The van der Waals surface area contributed by atoms with E-state index in [2.05, 4.69) is 4.99 Å². The Morgan fingerprint density at radius 2 is 1.88 bits per heavy atom. The first-order chi connectivity index (χ1) is 12.2. The Kier molecular flexibility index (Phi) is 4.39. The van der Waals surface area contributed by atoms with E-state index < -0.39 is 29.7 Å². The lowest BCUT2D eigenvalue weighted by molar-refractivity contribution is -0.131. The van der Waals surface area contributed by atoms with Crippen molar-refractivity contribution < 1.29 is 19.1 Å². The summed E-state index contributed by atoms with van der Waals surface area (Å²) in [6.45, 7) is 6.63. The molecule has 0 saturated heterocycles. The first kappa shape index (κ1) is 17.8. The minimum Gasteiger partial charge on any atom is -0.443 e. The molecule has 2 aliphatic heterocycles. The maximum absolute atomic E-state index is 12.6. The van der Waals surface area contributed by atoms with Gasteiger partial charge >= 0.3 is 6.09 Å². The molecule has 7 heteroatoms. The van der Waals surface area contributed by atoms with Crippen molar-refractivity contribution in [1.82, 2.24) is 9.80 Å². The van der Waals surface area contributed by atoms with E-state index in [0.717, 1.165) is 10.5 Å². The molecule has 1 aromatic carbocycles. The van der Waals surface area contributed by atoms with E-state index in [1.807, 2.05) is 24.3 Å². The molecule has 0 radical (unpaired) electrons. The van der Waals surface area contributed by atoms with E-state index in [1.54, 1.807) is 26.8 Å². The molecule has 0 aromatic heterocycles. The van der Waals surface area contributed by atoms with Crippen molar-refractivity contribution in [3.63, 3.8) is 0 Å². The van der Waals surface area contributed by atoms with E-state index in [1.165, 1.54) is 24.2 Å². The quantitative estimate of drug-likeness (QED) is 0.776. The van der Waals surface area contributed by atoms with Crippen molar-refractivity contribution in [2.24, 2.45) is 4.99 Å². The maximum Gasteiger partial charge on any atom is 0.417 e. The Morgan fingerprint density at radius 1 is 1.19 bits per heavy atom. The first-order valence-corrected chi connectivity index (χ1v) is 8.35. The topological polar surface area (TPSA) is 79.3 Å². The molecular weight excluding hydrogens is 334 g/mol. The molecule has 3 rings (SSSR count). The second kappa shape index (κ2) is 6.40. The molecule has 0 bridgehead atoms. The molecule has 0 spiro atoms. The third-order valence-corrected chi connectivity index (χ3v) is 4.13. The lowest BCUT2D eigenvalue weighted by Gasteiger charge is -2.38. The van der Waals surface area contributed by atoms with Crippen LogP contribution in [0.5, 0.6) is 0 Å². The van der Waals surface area contributed by atoms with Crippen LogP contribution in [-0.4, -0.2) is 45.7 Å². The Balaban J connectivity index is 2.02. The summed E-state index contributed by atoms with van der Waals surface area (Å²) in [7, 11) is 0. The number of hydrogen-bond acceptors (Lipinski definition) is 5. The second-order valence-corrected chi connectivity index (χ2v) is 7.21. The van der Waals surface area contributed by atoms with Gasteiger partial charge in [0.2, 0.25) is 5.91 Å². The summed E-state index contributed by atoms with van der Waals surface area (Å²) >= 11 is 0. The van der Waals surface area contributed by atoms with Crippen molar-refractivity contribution >= 4 is 29.9 Å². The van der Waals surface area contributed by atoms with Crippen LogP contribution >= 0.6 is 0 Å². The first-order valence-electron chi connectivity index (χ1n) is 8.35. The normalized spacial score (nSPS) is 21.8. The van der Waals surface area contributed by atoms with Crippen LogP contribution in [0, 0.1) is 0 Å². The molecule has 1 aromatic rings. The number of ether oxygens (including phenoxy) is 1. The average Bonchev–Trinajstić information content (AvgIpc) is 2.93. The van der Waals surface area contributed by atoms with Gasteiger partial charge in [-0.05, 0) is 26.8 Å². The minimum absolute atomic E-state index is 0.231. The van der Waals surface area contributed by atoms with Crippen LogP contribution in [0.25, 0.3) is 0 Å². The van der Waals surface area contributed by atoms with Crippen molar-refractivity contribution in [2.75, 3.05) is 0 Å². The van der Waals surface area contributed by atoms with E-state index >= 15 is 0 Å². The van der Waals surface area contributed by atoms with Gasteiger partial charge in [-0.1, -0.05) is 24.3 Å². The van der Waals surface area contributed by atoms with Gasteiger partial charge in [-0.15, -0.1) is 0 Å². The van der Waals surface area contributed by atoms with E-state index in [0.29, 0.717) is 5.69 Å². The Bertz CT molecular complexity index is 822. The molecule has 3 amide bonds. The van der Waals surface area contributed by atoms with Gasteiger partial charge in [0.15, 0.2) is 0 Å². The molecule has 0 N–H and O–H groups in total. The van der Waals surface area contributed by atoms with Crippen LogP contribution in [0.2, 0.25) is 0 Å². The van der Waals surface area contributed by atoms with Gasteiger partial charge in [0.25, 0.3) is 5.91 Å². The third kappa shape index (κ3) is 3.24. The van der Waals surface area contributed by atoms with Crippen LogP contribution in [0.4, 0.5) is 10.5 Å². The predicted molar refractivity (Wildman–Crippen MR) is 95.9 cm³/mol. The average molecular weight is 355 g/mol. The van der Waals surface area contributed by atoms with Crippen molar-refractivity contribution in [2.45, 2.75) is 45.4 Å². The number of aliphatic imine (C=N–C) groups is 1. The molecule has 2 atom stereocenters. The third-order valence-electron chi connectivity index (χ3n) is 4.13. The van der Waals surface area contributed by atoms with Gasteiger partial charge < -0.3 is 4.74 Å². The summed E-state index contributed by atoms with van der Waals surface area (Å²) in [6, 6.07) is 6.12. The van der Waals surface area contributed by atoms with Gasteiger partial charge in [0.05, 0.1) is 24.1 Å². The highest BCUT2D eigenvalue weighted by Crippen LogP contribution is 2.39. The van der Waals surface area contributed by atoms with E-state index in [-0.39, 0.29) is 5.91 Å². The predicted octanol–water partition coefficient (Wildman–Crippen LogP) is 2.95. The minimum atomic E-state index is -0.739. The molecule has 26 heavy (non-hydrogen) atoms. The number of rotatable bonds is 1. The van der Waals surface area contributed by atoms with E-state index in [4.69, 9.17) is 4.74 Å². The van der Waals surface area contributed by atoms with Gasteiger partial charge in [0, 0.05) is 18.6 Å². The summed E-state index contributed by atoms with van der Waals surface area (Å²) in [5.41, 5.74) is 0.728. The summed E-state index contributed by atoms with van der Waals surface area (Å²) in [4.78, 5) is 43.9. The number of carbonyl (C=O) groups excluding carboxylic acids is 3. The molecule has 2 heterocycles. The Morgan fingerprint density at radius 3 is 2.54 bits per heavy atom. The fourth-order valence-corrected chi connectivity index (χ4v) is 3.09. The summed E-state index contributed by atoms with van der Waals surface area (Å²) in [5.74, 6) is -0.696. The molecule has 2 aliphatic rings. The van der Waals surface area contributed by atoms with Crippen LogP contribution in [0.1, 0.15) is 39.3 Å². The zero-order valence-corrected chi connectivity index (χ0v) is 15.2. The zero-order valence-electron chi connectivity index (χ0n) is 15.2. The largest absolute Gasteiger partial charge is 0.443 e. The number of carbonyl (C=O) groups is 3. The molecule has 0 aliphatic carbocycles. The molecule has 136 valence electrons. The van der Waals surface area contributed by atoms with Crippen molar-refractivity contribution in [3.05, 3.63) is 42.0 Å². The van der Waals surface area contributed by atoms with Gasteiger partial charge in [-0.2, -0.15) is 0 Å². The standard InChI is InChI=1S/C19H21N3O4/c1-12(23)21-11-20-14-8-6-5-7-13(14)17(21)15-9-10-16(24)22(15)18(25)26-19(2,3)4/h5-11,15,17H,1-4H3/t15-,17-/m0/s1. The lowest BCUT2D eigenvalue weighted by atomic mass is 9.95. The van der Waals surface area contributed by atoms with Crippen molar-refractivity contribution in [1.29, 1.82) is 0 Å². The lowest BCUT2D eigenvalue weighted by Crippen LogP contribution is -2.50. The molecule has 0 saturated carbocycles. The highest BCUT2D eigenvalue weighted by Gasteiger charge is 2.44. The van der Waals surface area contributed by atoms with Gasteiger partial charge in [-0.25, -0.2) is 14.7 Å². The number of amides is 3. The highest BCUT2D eigenvalue weighted by atomic mass is 16.6. The van der Waals surface area contributed by atoms with Crippen LogP contribution in [-0.2, 0) is 14.3 Å². The number of para-hydroxylation sites is 1. The number of fused-ring (bicyclic) bond motifs is 1. The Labute approximate surface area is 151 Å². The van der Waals surface area contributed by atoms with Crippen molar-refractivity contribution in [3.8, 4) is 0 Å². The monoisotopic (exact) mass is 355 g/mol. The highest BCUT2D eigenvalue weighted by molar-refractivity contribution is 6.02. The molecule has 0 unspecified atom stereocenters. The number of nitrogens with zero attached hydrogens (tertiary/aromatic N) is 3. The molecular formula is C19H21N3O4. The van der Waals surface area contributed by atoms with E-state index in [9.17, 15) is 14.4 Å². The number of benzene rings is 1. The second-order valence-electron chi connectivity index (χ2n) is 7.21. The number of imide groups is 1. The van der Waals surface area contributed by atoms with Crippen LogP contribution in [0.3, 0.4) is 0 Å². The van der Waals surface area contributed by atoms with Gasteiger partial charge in [0.1, 0.15) is 5.60 Å². The fourth-order valence-electron chi connectivity index (χ4n) is 3.09. The van der Waals surface area contributed by atoms with Crippen LogP contribution < -0.4 is 0 Å².